The van der Waals surface area contributed by atoms with Gasteiger partial charge >= 0.3 is 0 Å². The molecule has 0 radical (unpaired) electrons. The molecule has 3 aromatic carbocycles. The summed E-state index contributed by atoms with van der Waals surface area (Å²) in [5.74, 6) is -0.792. The molecule has 1 heterocycles. The highest BCUT2D eigenvalue weighted by molar-refractivity contribution is 6.46. The van der Waals surface area contributed by atoms with Crippen molar-refractivity contribution in [3.63, 3.8) is 0 Å². The van der Waals surface area contributed by atoms with Crippen molar-refractivity contribution in [2.45, 2.75) is 26.2 Å². The van der Waals surface area contributed by atoms with E-state index in [0.29, 0.717) is 22.7 Å². The number of halogens is 1. The van der Waals surface area contributed by atoms with E-state index in [1.54, 1.807) is 31.4 Å². The van der Waals surface area contributed by atoms with Crippen molar-refractivity contribution in [1.29, 1.82) is 0 Å². The molecule has 3 aromatic rings. The molecule has 0 bridgehead atoms. The van der Waals surface area contributed by atoms with Gasteiger partial charge in [0.15, 0.2) is 0 Å². The molecule has 0 spiro atoms. The van der Waals surface area contributed by atoms with Crippen LogP contribution in [0.2, 0.25) is 0 Å². The van der Waals surface area contributed by atoms with Gasteiger partial charge in [0.25, 0.3) is 11.8 Å². The number of rotatable bonds is 5. The van der Waals surface area contributed by atoms with Crippen molar-refractivity contribution in [2.24, 2.45) is 0 Å². The third-order valence-electron chi connectivity index (χ3n) is 5.57. The van der Waals surface area contributed by atoms with Gasteiger partial charge in [-0.05, 0) is 65.1 Å². The van der Waals surface area contributed by atoms with Gasteiger partial charge in [0.1, 0.15) is 17.3 Å². The summed E-state index contributed by atoms with van der Waals surface area (Å²) in [6.07, 6.45) is 0. The Balaban J connectivity index is 1.76. The first-order valence-electron chi connectivity index (χ1n) is 10.6. The Labute approximate surface area is 192 Å². The Hall–Kier alpha value is -3.93. The summed E-state index contributed by atoms with van der Waals surface area (Å²) in [5, 5.41) is 3.15. The van der Waals surface area contributed by atoms with Crippen LogP contribution in [0.3, 0.4) is 0 Å². The molecule has 168 valence electrons. The lowest BCUT2D eigenvalue weighted by Crippen LogP contribution is -2.32. The molecule has 0 saturated carbocycles. The lowest BCUT2D eigenvalue weighted by atomic mass is 9.87. The van der Waals surface area contributed by atoms with Gasteiger partial charge in [-0.2, -0.15) is 0 Å². The van der Waals surface area contributed by atoms with E-state index < -0.39 is 17.6 Å². The molecule has 4 rings (SSSR count). The second kappa shape index (κ2) is 8.54. The predicted molar refractivity (Wildman–Crippen MR) is 128 cm³/mol. The Morgan fingerprint density at radius 2 is 1.42 bits per heavy atom. The zero-order valence-electron chi connectivity index (χ0n) is 19.0. The molecular formula is C27H25FN2O3. The van der Waals surface area contributed by atoms with Crippen LogP contribution >= 0.6 is 0 Å². The second-order valence-electron chi connectivity index (χ2n) is 8.85. The molecular weight excluding hydrogens is 419 g/mol. The Morgan fingerprint density at radius 3 is 1.97 bits per heavy atom. The fourth-order valence-corrected chi connectivity index (χ4v) is 3.69. The monoisotopic (exact) mass is 444 g/mol. The highest BCUT2D eigenvalue weighted by Gasteiger charge is 2.40. The third kappa shape index (κ3) is 4.37. The number of carbonyl (C=O) groups excluding carboxylic acids is 2. The average Bonchev–Trinajstić information content (AvgIpc) is 3.03. The molecule has 2 amide bonds. The van der Waals surface area contributed by atoms with Gasteiger partial charge in [-0.15, -0.1) is 0 Å². The highest BCUT2D eigenvalue weighted by atomic mass is 19.1. The molecule has 6 heteroatoms. The fourth-order valence-electron chi connectivity index (χ4n) is 3.69. The first-order chi connectivity index (χ1) is 15.7. The van der Waals surface area contributed by atoms with Gasteiger partial charge in [0, 0.05) is 5.69 Å². The first kappa shape index (κ1) is 22.3. The van der Waals surface area contributed by atoms with E-state index in [1.165, 1.54) is 24.3 Å². The van der Waals surface area contributed by atoms with E-state index in [-0.39, 0.29) is 16.7 Å². The van der Waals surface area contributed by atoms with Crippen LogP contribution in [0.1, 0.15) is 31.9 Å². The standard InChI is InChI=1S/C27H25FN2O3/c1-27(2,3)18-7-11-20(12-8-18)29-24-23(17-5-15-22(33-4)16-6-17)25(31)30(26(24)32)21-13-9-19(28)10-14-21/h5-16,29H,1-4H3. The van der Waals surface area contributed by atoms with Crippen LogP contribution < -0.4 is 15.0 Å². The quantitative estimate of drug-likeness (QED) is 0.526. The van der Waals surface area contributed by atoms with E-state index >= 15 is 0 Å². The molecule has 1 N–H and O–H groups in total. The highest BCUT2D eigenvalue weighted by Crippen LogP contribution is 2.35. The number of amides is 2. The number of nitrogens with zero attached hydrogens (tertiary/aromatic N) is 1. The molecule has 0 atom stereocenters. The number of nitrogens with one attached hydrogen (secondary N) is 1. The minimum Gasteiger partial charge on any atom is -0.497 e. The van der Waals surface area contributed by atoms with Crippen LogP contribution in [0.15, 0.2) is 78.5 Å². The van der Waals surface area contributed by atoms with Crippen LogP contribution in [-0.2, 0) is 15.0 Å². The lowest BCUT2D eigenvalue weighted by molar-refractivity contribution is -0.120. The van der Waals surface area contributed by atoms with Gasteiger partial charge < -0.3 is 10.1 Å². The molecule has 0 aromatic heterocycles. The van der Waals surface area contributed by atoms with Gasteiger partial charge in [-0.1, -0.05) is 45.0 Å². The number of benzene rings is 3. The largest absolute Gasteiger partial charge is 0.497 e. The molecule has 1 aliphatic heterocycles. The topological polar surface area (TPSA) is 58.6 Å². The summed E-state index contributed by atoms with van der Waals surface area (Å²) in [5.41, 5.74) is 3.12. The molecule has 0 fully saturated rings. The van der Waals surface area contributed by atoms with Crippen molar-refractivity contribution < 1.29 is 18.7 Å². The molecule has 1 aliphatic rings. The van der Waals surface area contributed by atoms with Gasteiger partial charge in [-0.25, -0.2) is 9.29 Å². The fraction of sp³-hybridized carbons (Fsp3) is 0.185. The molecule has 5 nitrogen and oxygen atoms in total. The van der Waals surface area contributed by atoms with Crippen LogP contribution in [0.25, 0.3) is 5.57 Å². The van der Waals surface area contributed by atoms with E-state index in [4.69, 9.17) is 4.74 Å². The SMILES string of the molecule is COc1ccc(C2=C(Nc3ccc(C(C)(C)C)cc3)C(=O)N(c3ccc(F)cc3)C2=O)cc1. The van der Waals surface area contributed by atoms with Crippen molar-refractivity contribution in [1.82, 2.24) is 0 Å². The zero-order chi connectivity index (χ0) is 23.8. The summed E-state index contributed by atoms with van der Waals surface area (Å²) < 4.78 is 18.7. The summed E-state index contributed by atoms with van der Waals surface area (Å²) in [4.78, 5) is 27.9. The van der Waals surface area contributed by atoms with Gasteiger partial charge in [0.2, 0.25) is 0 Å². The van der Waals surface area contributed by atoms with Gasteiger partial charge in [-0.3, -0.25) is 9.59 Å². The van der Waals surface area contributed by atoms with E-state index in [2.05, 4.69) is 26.1 Å². The number of carbonyl (C=O) groups is 2. The van der Waals surface area contributed by atoms with Crippen LogP contribution in [0.5, 0.6) is 5.75 Å². The normalized spacial score (nSPS) is 14.2. The first-order valence-corrected chi connectivity index (χ1v) is 10.6. The number of anilines is 2. The van der Waals surface area contributed by atoms with Crippen LogP contribution in [0.4, 0.5) is 15.8 Å². The zero-order valence-corrected chi connectivity index (χ0v) is 19.0. The third-order valence-corrected chi connectivity index (χ3v) is 5.57. The van der Waals surface area contributed by atoms with Crippen molar-refractivity contribution in [3.05, 3.63) is 95.4 Å². The van der Waals surface area contributed by atoms with E-state index in [0.717, 1.165) is 10.5 Å². The predicted octanol–water partition coefficient (Wildman–Crippen LogP) is 5.53. The molecule has 33 heavy (non-hydrogen) atoms. The molecule has 0 saturated heterocycles. The maximum Gasteiger partial charge on any atom is 0.282 e. The Morgan fingerprint density at radius 1 is 0.818 bits per heavy atom. The number of imide groups is 1. The van der Waals surface area contributed by atoms with Crippen molar-refractivity contribution in [3.8, 4) is 5.75 Å². The summed E-state index contributed by atoms with van der Waals surface area (Å²) in [7, 11) is 1.56. The maximum absolute atomic E-state index is 13.4. The summed E-state index contributed by atoms with van der Waals surface area (Å²) >= 11 is 0. The number of hydrogen-bond donors (Lipinski definition) is 1. The van der Waals surface area contributed by atoms with E-state index in [9.17, 15) is 14.0 Å². The van der Waals surface area contributed by atoms with E-state index in [1.807, 2.05) is 24.3 Å². The minimum absolute atomic E-state index is 0.00935. The van der Waals surface area contributed by atoms with Crippen molar-refractivity contribution >= 4 is 28.8 Å². The van der Waals surface area contributed by atoms with Crippen molar-refractivity contribution in [2.75, 3.05) is 17.3 Å². The average molecular weight is 445 g/mol. The molecule has 0 unspecified atom stereocenters. The minimum atomic E-state index is -0.502. The second-order valence-corrected chi connectivity index (χ2v) is 8.85. The number of methoxy groups -OCH3 is 1. The Bertz CT molecular complexity index is 1220. The smallest absolute Gasteiger partial charge is 0.282 e. The van der Waals surface area contributed by atoms with Crippen LogP contribution in [0, 0.1) is 5.82 Å². The number of hydrogen-bond acceptors (Lipinski definition) is 4. The lowest BCUT2D eigenvalue weighted by Gasteiger charge is -2.19. The summed E-state index contributed by atoms with van der Waals surface area (Å²) in [6, 6.07) is 20.0. The van der Waals surface area contributed by atoms with Gasteiger partial charge in [0.05, 0.1) is 18.4 Å². The maximum atomic E-state index is 13.4. The Kier molecular flexibility index (Phi) is 5.77. The number of ether oxygens (including phenoxy) is 1. The molecule has 0 aliphatic carbocycles. The summed E-state index contributed by atoms with van der Waals surface area (Å²) in [6.45, 7) is 6.37. The van der Waals surface area contributed by atoms with Crippen LogP contribution in [-0.4, -0.2) is 18.9 Å².